The second-order valence-corrected chi connectivity index (χ2v) is 6.72. The first kappa shape index (κ1) is 18.2. The minimum atomic E-state index is 0.0487. The van der Waals surface area contributed by atoms with Crippen molar-refractivity contribution in [2.75, 3.05) is 26.2 Å². The molecule has 0 bridgehead atoms. The maximum atomic E-state index is 13.0. The Morgan fingerprint density at radius 1 is 0.846 bits per heavy atom. The first-order valence-corrected chi connectivity index (χ1v) is 9.41. The molecule has 1 fully saturated rings. The zero-order valence-electron chi connectivity index (χ0n) is 15.4. The van der Waals surface area contributed by atoms with Crippen LogP contribution in [0.25, 0.3) is 11.1 Å². The van der Waals surface area contributed by atoms with Crippen molar-refractivity contribution in [1.82, 2.24) is 9.80 Å². The zero-order valence-corrected chi connectivity index (χ0v) is 15.4. The molecule has 1 aliphatic rings. The maximum absolute atomic E-state index is 13.0. The number of benzene rings is 2. The van der Waals surface area contributed by atoms with E-state index in [1.807, 2.05) is 71.3 Å². The molecule has 1 heterocycles. The number of amides is 2. The van der Waals surface area contributed by atoms with Gasteiger partial charge in [0.25, 0.3) is 5.91 Å². The van der Waals surface area contributed by atoms with Gasteiger partial charge in [0, 0.05) is 38.2 Å². The molecule has 0 radical (unpaired) electrons. The van der Waals surface area contributed by atoms with Crippen molar-refractivity contribution >= 4 is 11.8 Å². The Labute approximate surface area is 155 Å². The van der Waals surface area contributed by atoms with Crippen molar-refractivity contribution < 1.29 is 9.59 Å². The van der Waals surface area contributed by atoms with Gasteiger partial charge in [-0.25, -0.2) is 0 Å². The van der Waals surface area contributed by atoms with Crippen molar-refractivity contribution in [1.29, 1.82) is 0 Å². The quantitative estimate of drug-likeness (QED) is 0.841. The fourth-order valence-corrected chi connectivity index (χ4v) is 3.39. The van der Waals surface area contributed by atoms with Gasteiger partial charge >= 0.3 is 0 Å². The fourth-order valence-electron chi connectivity index (χ4n) is 3.39. The van der Waals surface area contributed by atoms with E-state index >= 15 is 0 Å². The molecular weight excluding hydrogens is 324 g/mol. The smallest absolute Gasteiger partial charge is 0.253 e. The molecule has 0 unspecified atom stereocenters. The van der Waals surface area contributed by atoms with Crippen LogP contribution < -0.4 is 0 Å². The Morgan fingerprint density at radius 3 is 2.31 bits per heavy atom. The van der Waals surface area contributed by atoms with Crippen LogP contribution in [-0.4, -0.2) is 47.8 Å². The van der Waals surface area contributed by atoms with E-state index in [-0.39, 0.29) is 11.8 Å². The molecule has 0 aromatic heterocycles. The van der Waals surface area contributed by atoms with Gasteiger partial charge in [-0.3, -0.25) is 9.59 Å². The number of nitrogens with zero attached hydrogens (tertiary/aromatic N) is 2. The summed E-state index contributed by atoms with van der Waals surface area (Å²) in [5.41, 5.74) is 2.86. The third-order valence-corrected chi connectivity index (χ3v) is 4.82. The monoisotopic (exact) mass is 350 g/mol. The molecule has 1 saturated heterocycles. The molecule has 2 aromatic rings. The van der Waals surface area contributed by atoms with Crippen molar-refractivity contribution in [3.05, 3.63) is 60.2 Å². The van der Waals surface area contributed by atoms with Gasteiger partial charge in [0.05, 0.1) is 0 Å². The Kier molecular flexibility index (Phi) is 6.05. The largest absolute Gasteiger partial charge is 0.341 e. The van der Waals surface area contributed by atoms with Gasteiger partial charge in [-0.1, -0.05) is 49.4 Å². The molecule has 26 heavy (non-hydrogen) atoms. The second kappa shape index (κ2) is 8.65. The van der Waals surface area contributed by atoms with Gasteiger partial charge in [0.1, 0.15) is 0 Å². The Balaban J connectivity index is 1.71. The second-order valence-electron chi connectivity index (χ2n) is 6.72. The highest BCUT2D eigenvalue weighted by Gasteiger charge is 2.22. The van der Waals surface area contributed by atoms with Crippen LogP contribution in [0.3, 0.4) is 0 Å². The van der Waals surface area contributed by atoms with Gasteiger partial charge in [-0.2, -0.15) is 0 Å². The van der Waals surface area contributed by atoms with E-state index < -0.39 is 0 Å². The number of rotatable bonds is 4. The van der Waals surface area contributed by atoms with Crippen LogP contribution in [0.2, 0.25) is 0 Å². The van der Waals surface area contributed by atoms with Gasteiger partial charge < -0.3 is 9.80 Å². The topological polar surface area (TPSA) is 40.6 Å². The summed E-state index contributed by atoms with van der Waals surface area (Å²) in [6.45, 7) is 4.69. The third kappa shape index (κ3) is 4.31. The molecule has 136 valence electrons. The highest BCUT2D eigenvalue weighted by molar-refractivity contribution is 5.95. The summed E-state index contributed by atoms with van der Waals surface area (Å²) < 4.78 is 0. The summed E-state index contributed by atoms with van der Waals surface area (Å²) in [5.74, 6) is 0.250. The SMILES string of the molecule is CCCC(=O)N1CCCN(C(=O)c2cccc(-c3ccccc3)c2)CC1. The standard InChI is InChI=1S/C22H26N2O2/c1-2-8-21(25)23-13-7-14-24(16-15-23)22(26)20-12-6-11-19(17-20)18-9-4-3-5-10-18/h3-6,9-12,17H,2,7-8,13-16H2,1H3. The van der Waals surface area contributed by atoms with Gasteiger partial charge in [-0.15, -0.1) is 0 Å². The number of carbonyl (C=O) groups excluding carboxylic acids is 2. The summed E-state index contributed by atoms with van der Waals surface area (Å²) in [7, 11) is 0. The first-order valence-electron chi connectivity index (χ1n) is 9.41. The number of carbonyl (C=O) groups is 2. The predicted molar refractivity (Wildman–Crippen MR) is 104 cm³/mol. The maximum Gasteiger partial charge on any atom is 0.253 e. The summed E-state index contributed by atoms with van der Waals surface area (Å²) in [5, 5.41) is 0. The number of hydrogen-bond donors (Lipinski definition) is 0. The molecule has 0 spiro atoms. The van der Waals surface area contributed by atoms with Gasteiger partial charge in [0.15, 0.2) is 0 Å². The minimum absolute atomic E-state index is 0.0487. The van der Waals surface area contributed by atoms with Crippen LogP contribution >= 0.6 is 0 Å². The van der Waals surface area contributed by atoms with E-state index in [1.54, 1.807) is 0 Å². The normalized spacial score (nSPS) is 14.8. The molecular formula is C22H26N2O2. The lowest BCUT2D eigenvalue weighted by Crippen LogP contribution is -2.37. The average Bonchev–Trinajstić information content (AvgIpc) is 2.95. The molecule has 1 aliphatic heterocycles. The summed E-state index contributed by atoms with van der Waals surface area (Å²) in [6.07, 6.45) is 2.29. The van der Waals surface area contributed by atoms with Crippen LogP contribution in [0.4, 0.5) is 0 Å². The van der Waals surface area contributed by atoms with E-state index in [9.17, 15) is 9.59 Å². The molecule has 4 nitrogen and oxygen atoms in total. The fraction of sp³-hybridized carbons (Fsp3) is 0.364. The lowest BCUT2D eigenvalue weighted by Gasteiger charge is -2.22. The highest BCUT2D eigenvalue weighted by atomic mass is 16.2. The van der Waals surface area contributed by atoms with E-state index in [2.05, 4.69) is 0 Å². The summed E-state index contributed by atoms with van der Waals surface area (Å²) in [4.78, 5) is 28.9. The molecule has 0 saturated carbocycles. The lowest BCUT2D eigenvalue weighted by molar-refractivity contribution is -0.131. The van der Waals surface area contributed by atoms with E-state index in [4.69, 9.17) is 0 Å². The van der Waals surface area contributed by atoms with Crippen LogP contribution in [0.1, 0.15) is 36.5 Å². The molecule has 3 rings (SSSR count). The number of hydrogen-bond acceptors (Lipinski definition) is 2. The van der Waals surface area contributed by atoms with Crippen LogP contribution in [0, 0.1) is 0 Å². The average molecular weight is 350 g/mol. The van der Waals surface area contributed by atoms with Crippen LogP contribution in [0.15, 0.2) is 54.6 Å². The Hall–Kier alpha value is -2.62. The van der Waals surface area contributed by atoms with Crippen LogP contribution in [-0.2, 0) is 4.79 Å². The molecule has 0 aliphatic carbocycles. The summed E-state index contributed by atoms with van der Waals surface area (Å²) in [6, 6.07) is 17.9. The first-order chi connectivity index (χ1) is 12.7. The molecule has 2 amide bonds. The van der Waals surface area contributed by atoms with Crippen molar-refractivity contribution in [3.63, 3.8) is 0 Å². The Bertz CT molecular complexity index is 758. The van der Waals surface area contributed by atoms with E-state index in [0.717, 1.165) is 30.5 Å². The Morgan fingerprint density at radius 2 is 1.54 bits per heavy atom. The minimum Gasteiger partial charge on any atom is -0.341 e. The van der Waals surface area contributed by atoms with Crippen molar-refractivity contribution in [2.45, 2.75) is 26.2 Å². The van der Waals surface area contributed by atoms with Gasteiger partial charge in [-0.05, 0) is 36.1 Å². The zero-order chi connectivity index (χ0) is 18.4. The predicted octanol–water partition coefficient (Wildman–Crippen LogP) is 3.83. The lowest BCUT2D eigenvalue weighted by atomic mass is 10.0. The molecule has 0 atom stereocenters. The molecule has 2 aromatic carbocycles. The summed E-state index contributed by atoms with van der Waals surface area (Å²) >= 11 is 0. The van der Waals surface area contributed by atoms with E-state index in [0.29, 0.717) is 31.6 Å². The van der Waals surface area contributed by atoms with Gasteiger partial charge in [0.2, 0.25) is 5.91 Å². The van der Waals surface area contributed by atoms with Crippen LogP contribution in [0.5, 0.6) is 0 Å². The molecule has 4 heteroatoms. The van der Waals surface area contributed by atoms with Crippen molar-refractivity contribution in [3.8, 4) is 11.1 Å². The molecule has 0 N–H and O–H groups in total. The highest BCUT2D eigenvalue weighted by Crippen LogP contribution is 2.21. The van der Waals surface area contributed by atoms with E-state index in [1.165, 1.54) is 0 Å². The van der Waals surface area contributed by atoms with Crippen molar-refractivity contribution in [2.24, 2.45) is 0 Å². The third-order valence-electron chi connectivity index (χ3n) is 4.82.